The largest absolute Gasteiger partial charge is 0.396 e. The second kappa shape index (κ2) is 4.05. The Morgan fingerprint density at radius 3 is 2.75 bits per heavy atom. The van der Waals surface area contributed by atoms with Crippen LogP contribution in [0.3, 0.4) is 0 Å². The zero-order valence-electron chi connectivity index (χ0n) is 4.76. The third-order valence-corrected chi connectivity index (χ3v) is 0.539. The molecule has 0 saturated heterocycles. The molecule has 0 aliphatic heterocycles. The van der Waals surface area contributed by atoms with E-state index in [2.05, 4.69) is 4.99 Å². The van der Waals surface area contributed by atoms with Crippen molar-refractivity contribution in [2.24, 2.45) is 10.7 Å². The fourth-order valence-electron chi connectivity index (χ4n) is 0.198. The minimum atomic E-state index is 0.364. The smallest absolute Gasteiger partial charge is 0.0678 e. The predicted octanol–water partition coefficient (Wildman–Crippen LogP) is 0.527. The summed E-state index contributed by atoms with van der Waals surface area (Å²) in [5.41, 5.74) is 5.53. The maximum atomic E-state index is 6.59. The molecule has 0 atom stereocenters. The quantitative estimate of drug-likeness (QED) is 0.501. The van der Waals surface area contributed by atoms with Crippen LogP contribution >= 0.6 is 0 Å². The van der Waals surface area contributed by atoms with Gasteiger partial charge in [-0.2, -0.15) is 0 Å². The van der Waals surface area contributed by atoms with Gasteiger partial charge in [-0.3, -0.25) is 4.99 Å². The number of hydrogen-bond donors (Lipinski definition) is 2. The van der Waals surface area contributed by atoms with Gasteiger partial charge in [-0.25, -0.2) is 0 Å². The highest BCUT2D eigenvalue weighted by atomic mass is 14.7. The van der Waals surface area contributed by atoms with E-state index >= 15 is 0 Å². The van der Waals surface area contributed by atoms with Gasteiger partial charge in [0.2, 0.25) is 0 Å². The number of nitrogens with two attached hydrogens (primary N) is 1. The van der Waals surface area contributed by atoms with Crippen LogP contribution in [0.1, 0.15) is 6.92 Å². The van der Waals surface area contributed by atoms with E-state index < -0.39 is 0 Å². The van der Waals surface area contributed by atoms with Crippen LogP contribution in [-0.4, -0.2) is 12.4 Å². The summed E-state index contributed by atoms with van der Waals surface area (Å²) in [5, 5.41) is 6.59. The van der Waals surface area contributed by atoms with Crippen molar-refractivity contribution in [3.63, 3.8) is 0 Å². The minimum Gasteiger partial charge on any atom is -0.396 e. The Labute approximate surface area is 48.4 Å². The average molecular weight is 111 g/mol. The molecule has 0 aliphatic rings. The van der Waals surface area contributed by atoms with E-state index in [-0.39, 0.29) is 0 Å². The molecule has 0 heterocycles. The fraction of sp³-hybridized carbons (Fsp3) is 0.200. The molecule has 44 valence electrons. The minimum absolute atomic E-state index is 0.364. The van der Waals surface area contributed by atoms with Crippen LogP contribution in [0.2, 0.25) is 0 Å². The summed E-state index contributed by atoms with van der Waals surface area (Å²) in [6, 6.07) is 0. The molecule has 0 radical (unpaired) electrons. The monoisotopic (exact) mass is 111 g/mol. The first-order valence-corrected chi connectivity index (χ1v) is 2.25. The van der Waals surface area contributed by atoms with Crippen LogP contribution in [0.4, 0.5) is 0 Å². The van der Waals surface area contributed by atoms with Crippen molar-refractivity contribution >= 4 is 12.4 Å². The topological polar surface area (TPSA) is 62.2 Å². The fourth-order valence-corrected chi connectivity index (χ4v) is 0.198. The maximum Gasteiger partial charge on any atom is 0.0678 e. The van der Waals surface area contributed by atoms with Gasteiger partial charge in [0.1, 0.15) is 0 Å². The van der Waals surface area contributed by atoms with E-state index in [1.807, 2.05) is 0 Å². The van der Waals surface area contributed by atoms with Crippen molar-refractivity contribution in [2.75, 3.05) is 0 Å². The highest BCUT2D eigenvalue weighted by molar-refractivity contribution is 5.74. The van der Waals surface area contributed by atoms with Crippen LogP contribution in [0.5, 0.6) is 0 Å². The highest BCUT2D eigenvalue weighted by Crippen LogP contribution is 1.75. The number of nitrogens with zero attached hydrogens (tertiary/aromatic N) is 1. The first-order valence-electron chi connectivity index (χ1n) is 2.25. The summed E-state index contributed by atoms with van der Waals surface area (Å²) in [5.74, 6) is 0. The number of allylic oxidation sites excluding steroid dienone is 1. The normalized spacial score (nSPS) is 12.4. The standard InChI is InChI=1S/C5H9N3/c1-2-8-4-5(7)3-6/h2-4,6H,7H2,1H3/b5-4+,6-3?,8-2-. The Hall–Kier alpha value is -1.12. The van der Waals surface area contributed by atoms with E-state index in [4.69, 9.17) is 11.1 Å². The van der Waals surface area contributed by atoms with Gasteiger partial charge in [-0.1, -0.05) is 0 Å². The van der Waals surface area contributed by atoms with Crippen molar-refractivity contribution in [1.82, 2.24) is 0 Å². The SMILES string of the molecule is C/C=N\C=C(\N)C=N. The molecule has 3 nitrogen and oxygen atoms in total. The Morgan fingerprint density at radius 2 is 2.38 bits per heavy atom. The van der Waals surface area contributed by atoms with Gasteiger partial charge >= 0.3 is 0 Å². The van der Waals surface area contributed by atoms with Crippen molar-refractivity contribution in [1.29, 1.82) is 5.41 Å². The summed E-state index contributed by atoms with van der Waals surface area (Å²) in [6.45, 7) is 1.79. The van der Waals surface area contributed by atoms with Gasteiger partial charge in [-0.05, 0) is 6.92 Å². The van der Waals surface area contributed by atoms with Crippen LogP contribution in [0, 0.1) is 5.41 Å². The van der Waals surface area contributed by atoms with Gasteiger partial charge in [-0.15, -0.1) is 0 Å². The van der Waals surface area contributed by atoms with Gasteiger partial charge in [0, 0.05) is 12.4 Å². The Bertz CT molecular complexity index is 124. The van der Waals surface area contributed by atoms with Crippen molar-refractivity contribution in [2.45, 2.75) is 6.92 Å². The van der Waals surface area contributed by atoms with Gasteiger partial charge < -0.3 is 11.1 Å². The zero-order valence-corrected chi connectivity index (χ0v) is 4.76. The molecule has 0 unspecified atom stereocenters. The molecule has 3 N–H and O–H groups in total. The van der Waals surface area contributed by atoms with Gasteiger partial charge in [0.15, 0.2) is 0 Å². The molecule has 0 aromatic rings. The predicted molar refractivity (Wildman–Crippen MR) is 35.2 cm³/mol. The number of nitrogens with one attached hydrogen (secondary N) is 1. The molecule has 0 aliphatic carbocycles. The molecule has 0 fully saturated rings. The van der Waals surface area contributed by atoms with Crippen LogP contribution < -0.4 is 5.73 Å². The molecular formula is C5H9N3. The maximum absolute atomic E-state index is 6.59. The molecule has 0 bridgehead atoms. The molecule has 0 spiro atoms. The third-order valence-electron chi connectivity index (χ3n) is 0.539. The van der Waals surface area contributed by atoms with E-state index in [1.165, 1.54) is 6.20 Å². The van der Waals surface area contributed by atoms with E-state index in [0.717, 1.165) is 6.21 Å². The Balaban J connectivity index is 3.74. The summed E-state index contributed by atoms with van der Waals surface area (Å²) >= 11 is 0. The number of rotatable bonds is 2. The van der Waals surface area contributed by atoms with Crippen LogP contribution in [-0.2, 0) is 0 Å². The molecule has 0 aromatic carbocycles. The van der Waals surface area contributed by atoms with Gasteiger partial charge in [0.25, 0.3) is 0 Å². The molecule has 0 aromatic heterocycles. The van der Waals surface area contributed by atoms with Crippen molar-refractivity contribution in [3.05, 3.63) is 11.9 Å². The van der Waals surface area contributed by atoms with E-state index in [9.17, 15) is 0 Å². The Kier molecular flexibility index (Phi) is 3.48. The molecule has 0 amide bonds. The lowest BCUT2D eigenvalue weighted by atomic mass is 10.5. The van der Waals surface area contributed by atoms with Crippen molar-refractivity contribution in [3.8, 4) is 0 Å². The molecule has 8 heavy (non-hydrogen) atoms. The van der Waals surface area contributed by atoms with Crippen molar-refractivity contribution < 1.29 is 0 Å². The second-order valence-corrected chi connectivity index (χ2v) is 1.18. The van der Waals surface area contributed by atoms with Crippen LogP contribution in [0.25, 0.3) is 0 Å². The molecule has 3 heteroatoms. The summed E-state index contributed by atoms with van der Waals surface area (Å²) in [6.07, 6.45) is 4.08. The highest BCUT2D eigenvalue weighted by Gasteiger charge is 1.73. The molecule has 0 rings (SSSR count). The third kappa shape index (κ3) is 3.08. The zero-order chi connectivity index (χ0) is 6.41. The lowest BCUT2D eigenvalue weighted by molar-refractivity contribution is 1.39. The van der Waals surface area contributed by atoms with E-state index in [1.54, 1.807) is 13.1 Å². The number of aliphatic imine (C=N–C) groups is 1. The first kappa shape index (κ1) is 6.88. The first-order chi connectivity index (χ1) is 3.81. The lowest BCUT2D eigenvalue weighted by Gasteiger charge is -1.81. The average Bonchev–Trinajstić information content (AvgIpc) is 1.83. The lowest BCUT2D eigenvalue weighted by Crippen LogP contribution is -1.95. The summed E-state index contributed by atoms with van der Waals surface area (Å²) < 4.78 is 0. The number of hydrogen-bond acceptors (Lipinski definition) is 3. The summed E-state index contributed by atoms with van der Waals surface area (Å²) in [4.78, 5) is 3.68. The summed E-state index contributed by atoms with van der Waals surface area (Å²) in [7, 11) is 0. The Morgan fingerprint density at radius 1 is 1.75 bits per heavy atom. The van der Waals surface area contributed by atoms with E-state index in [0.29, 0.717) is 5.70 Å². The second-order valence-electron chi connectivity index (χ2n) is 1.18. The molecule has 0 saturated carbocycles. The molecular weight excluding hydrogens is 102 g/mol. The van der Waals surface area contributed by atoms with Crippen LogP contribution in [0.15, 0.2) is 16.9 Å². The van der Waals surface area contributed by atoms with Gasteiger partial charge in [0.05, 0.1) is 11.9 Å².